The lowest BCUT2D eigenvalue weighted by atomic mass is 10.1. The Hall–Kier alpha value is -1.82. The zero-order chi connectivity index (χ0) is 8.97. The van der Waals surface area contributed by atoms with Gasteiger partial charge in [0.2, 0.25) is 6.54 Å². The van der Waals surface area contributed by atoms with Gasteiger partial charge in [0, 0.05) is 5.56 Å². The Labute approximate surface area is 70.1 Å². The summed E-state index contributed by atoms with van der Waals surface area (Å²) in [4.78, 5) is 13.6. The van der Waals surface area contributed by atoms with Crippen LogP contribution in [-0.4, -0.2) is 11.1 Å². The van der Waals surface area contributed by atoms with Crippen LogP contribution >= 0.6 is 0 Å². The number of hydrogen-bond donors (Lipinski definition) is 1. The normalized spacial score (nSPS) is 8.92. The van der Waals surface area contributed by atoms with E-state index in [-0.39, 0.29) is 5.56 Å². The first-order valence-electron chi connectivity index (χ1n) is 3.39. The first-order chi connectivity index (χ1) is 5.74. The monoisotopic (exact) mass is 161 g/mol. The van der Waals surface area contributed by atoms with Crippen molar-refractivity contribution in [1.82, 2.24) is 0 Å². The second kappa shape index (κ2) is 3.54. The average molecular weight is 161 g/mol. The molecule has 0 saturated carbocycles. The summed E-state index contributed by atoms with van der Waals surface area (Å²) in [6.45, 7) is 6.89. The molecule has 0 radical (unpaired) electrons. The molecule has 1 aromatic rings. The van der Waals surface area contributed by atoms with Crippen LogP contribution in [0.5, 0.6) is 0 Å². The van der Waals surface area contributed by atoms with Gasteiger partial charge < -0.3 is 9.95 Å². The van der Waals surface area contributed by atoms with Crippen molar-refractivity contribution in [2.75, 3.05) is 0 Å². The van der Waals surface area contributed by atoms with Crippen molar-refractivity contribution in [3.8, 4) is 0 Å². The molecule has 60 valence electrons. The lowest BCUT2D eigenvalue weighted by Crippen LogP contribution is -1.95. The van der Waals surface area contributed by atoms with E-state index in [0.29, 0.717) is 6.54 Å². The summed E-state index contributed by atoms with van der Waals surface area (Å²) in [7, 11) is 0. The van der Waals surface area contributed by atoms with Crippen LogP contribution in [0.25, 0.3) is 4.85 Å². The molecule has 0 aromatic heterocycles. The molecular weight excluding hydrogens is 154 g/mol. The zero-order valence-electron chi connectivity index (χ0n) is 6.32. The minimum absolute atomic E-state index is 0.253. The smallest absolute Gasteiger partial charge is 0.335 e. The van der Waals surface area contributed by atoms with E-state index in [1.807, 2.05) is 0 Å². The first kappa shape index (κ1) is 8.28. The highest BCUT2D eigenvalue weighted by atomic mass is 16.4. The molecule has 0 atom stereocenters. The molecule has 1 aromatic carbocycles. The van der Waals surface area contributed by atoms with Crippen LogP contribution in [0.4, 0.5) is 0 Å². The van der Waals surface area contributed by atoms with E-state index < -0.39 is 5.97 Å². The van der Waals surface area contributed by atoms with Gasteiger partial charge in [-0.1, -0.05) is 12.1 Å². The molecule has 0 spiro atoms. The molecule has 3 nitrogen and oxygen atoms in total. The maximum Gasteiger partial charge on any atom is 0.335 e. The number of rotatable bonds is 2. The molecule has 3 heteroatoms. The van der Waals surface area contributed by atoms with Crippen LogP contribution in [0.3, 0.4) is 0 Å². The molecule has 1 rings (SSSR count). The van der Waals surface area contributed by atoms with Crippen molar-refractivity contribution in [3.05, 3.63) is 46.8 Å². The van der Waals surface area contributed by atoms with E-state index in [1.54, 1.807) is 12.1 Å². The molecule has 0 aliphatic heterocycles. The summed E-state index contributed by atoms with van der Waals surface area (Å²) < 4.78 is 0. The Morgan fingerprint density at radius 2 is 2.00 bits per heavy atom. The van der Waals surface area contributed by atoms with E-state index in [0.717, 1.165) is 5.56 Å². The Kier molecular flexibility index (Phi) is 2.44. The molecule has 0 fully saturated rings. The Bertz CT molecular complexity index is 321. The fourth-order valence-electron chi connectivity index (χ4n) is 0.844. The van der Waals surface area contributed by atoms with Gasteiger partial charge in [0.15, 0.2) is 0 Å². The van der Waals surface area contributed by atoms with E-state index in [4.69, 9.17) is 11.7 Å². The summed E-state index contributed by atoms with van der Waals surface area (Å²) >= 11 is 0. The van der Waals surface area contributed by atoms with Gasteiger partial charge >= 0.3 is 5.97 Å². The standard InChI is InChI=1S/C9H7NO2/c1-10-6-7-2-4-8(5-3-7)9(11)12/h2-5H,6H2,(H,11,12). The predicted octanol–water partition coefficient (Wildman–Crippen LogP) is 1.80. The van der Waals surface area contributed by atoms with Crippen molar-refractivity contribution in [1.29, 1.82) is 0 Å². The number of carboxylic acids is 1. The largest absolute Gasteiger partial charge is 0.478 e. The summed E-state index contributed by atoms with van der Waals surface area (Å²) in [6, 6.07) is 6.31. The highest BCUT2D eigenvalue weighted by Crippen LogP contribution is 2.05. The van der Waals surface area contributed by atoms with E-state index in [9.17, 15) is 4.79 Å². The molecule has 0 heterocycles. The Morgan fingerprint density at radius 3 is 2.42 bits per heavy atom. The van der Waals surface area contributed by atoms with Crippen molar-refractivity contribution in [2.45, 2.75) is 6.54 Å². The quantitative estimate of drug-likeness (QED) is 0.672. The molecule has 0 aliphatic rings. The minimum atomic E-state index is -0.940. The van der Waals surface area contributed by atoms with Crippen LogP contribution in [-0.2, 0) is 6.54 Å². The van der Waals surface area contributed by atoms with Gasteiger partial charge in [0.1, 0.15) is 0 Å². The van der Waals surface area contributed by atoms with Crippen molar-refractivity contribution < 1.29 is 9.90 Å². The summed E-state index contributed by atoms with van der Waals surface area (Å²) in [5, 5.41) is 8.55. The van der Waals surface area contributed by atoms with Gasteiger partial charge in [-0.15, -0.1) is 0 Å². The van der Waals surface area contributed by atoms with Gasteiger partial charge in [-0.05, 0) is 12.1 Å². The number of nitrogens with zero attached hydrogens (tertiary/aromatic N) is 1. The van der Waals surface area contributed by atoms with Crippen molar-refractivity contribution >= 4 is 5.97 Å². The predicted molar refractivity (Wildman–Crippen MR) is 43.7 cm³/mol. The third-order valence-electron chi connectivity index (χ3n) is 1.46. The third kappa shape index (κ3) is 1.83. The number of aromatic carboxylic acids is 1. The number of carbonyl (C=O) groups is 1. The van der Waals surface area contributed by atoms with Gasteiger partial charge in [-0.3, -0.25) is 0 Å². The van der Waals surface area contributed by atoms with Crippen LogP contribution in [0.1, 0.15) is 15.9 Å². The second-order valence-electron chi connectivity index (χ2n) is 2.32. The zero-order valence-corrected chi connectivity index (χ0v) is 6.32. The minimum Gasteiger partial charge on any atom is -0.478 e. The summed E-state index contributed by atoms with van der Waals surface area (Å²) in [6.07, 6.45) is 0. The number of carboxylic acid groups (broad SMARTS) is 1. The molecule has 1 N–H and O–H groups in total. The molecular formula is C9H7NO2. The molecule has 0 unspecified atom stereocenters. The average Bonchev–Trinajstić information content (AvgIpc) is 2.06. The van der Waals surface area contributed by atoms with E-state index in [1.165, 1.54) is 12.1 Å². The van der Waals surface area contributed by atoms with Crippen LogP contribution in [0, 0.1) is 6.57 Å². The molecule has 0 aliphatic carbocycles. The topological polar surface area (TPSA) is 41.7 Å². The summed E-state index contributed by atoms with van der Waals surface area (Å²) in [5.41, 5.74) is 1.10. The number of hydrogen-bond acceptors (Lipinski definition) is 1. The fraction of sp³-hybridized carbons (Fsp3) is 0.111. The Balaban J connectivity index is 2.87. The third-order valence-corrected chi connectivity index (χ3v) is 1.46. The van der Waals surface area contributed by atoms with Crippen LogP contribution in [0.15, 0.2) is 24.3 Å². The lowest BCUT2D eigenvalue weighted by molar-refractivity contribution is 0.0697. The molecule has 12 heavy (non-hydrogen) atoms. The Morgan fingerprint density at radius 1 is 1.42 bits per heavy atom. The van der Waals surface area contributed by atoms with Gasteiger partial charge in [-0.25, -0.2) is 11.4 Å². The van der Waals surface area contributed by atoms with E-state index in [2.05, 4.69) is 4.85 Å². The maximum absolute atomic E-state index is 10.4. The SMILES string of the molecule is [C-]#[N+]Cc1ccc(C(=O)O)cc1. The van der Waals surface area contributed by atoms with Crippen molar-refractivity contribution in [3.63, 3.8) is 0 Å². The van der Waals surface area contributed by atoms with E-state index >= 15 is 0 Å². The van der Waals surface area contributed by atoms with Gasteiger partial charge in [0.25, 0.3) is 0 Å². The lowest BCUT2D eigenvalue weighted by Gasteiger charge is -1.93. The molecule has 0 amide bonds. The molecule has 0 bridgehead atoms. The van der Waals surface area contributed by atoms with Crippen LogP contribution < -0.4 is 0 Å². The second-order valence-corrected chi connectivity index (χ2v) is 2.32. The molecule has 0 saturated heterocycles. The van der Waals surface area contributed by atoms with Gasteiger partial charge in [-0.2, -0.15) is 0 Å². The maximum atomic E-state index is 10.4. The first-order valence-corrected chi connectivity index (χ1v) is 3.39. The highest BCUT2D eigenvalue weighted by molar-refractivity contribution is 5.87. The fourth-order valence-corrected chi connectivity index (χ4v) is 0.844. The van der Waals surface area contributed by atoms with Crippen molar-refractivity contribution in [2.24, 2.45) is 0 Å². The van der Waals surface area contributed by atoms with Gasteiger partial charge in [0.05, 0.1) is 5.56 Å². The van der Waals surface area contributed by atoms with Crippen LogP contribution in [0.2, 0.25) is 0 Å². The highest BCUT2D eigenvalue weighted by Gasteiger charge is 2.01. The number of benzene rings is 1. The summed E-state index contributed by atoms with van der Waals surface area (Å²) in [5.74, 6) is -0.940.